The van der Waals surface area contributed by atoms with Crippen molar-refractivity contribution in [2.75, 3.05) is 0 Å². The van der Waals surface area contributed by atoms with E-state index in [1.807, 2.05) is 0 Å². The van der Waals surface area contributed by atoms with Gasteiger partial charge in [0, 0.05) is 17.0 Å². The van der Waals surface area contributed by atoms with Gasteiger partial charge in [-0.25, -0.2) is 0 Å². The van der Waals surface area contributed by atoms with E-state index >= 15 is 0 Å². The lowest BCUT2D eigenvalue weighted by Crippen LogP contribution is -2.71. The first-order chi connectivity index (χ1) is 7.94. The van der Waals surface area contributed by atoms with Gasteiger partial charge in [0.25, 0.3) is 0 Å². The Balaban J connectivity index is 4.90. The fraction of sp³-hybridized carbons (Fsp3) is 1.00. The van der Waals surface area contributed by atoms with Gasteiger partial charge in [0.05, 0.1) is 0 Å². The molecule has 0 heterocycles. The Morgan fingerprint density at radius 3 is 1.12 bits per heavy atom. The van der Waals surface area contributed by atoms with Crippen molar-refractivity contribution in [2.24, 2.45) is 17.2 Å². The van der Waals surface area contributed by atoms with E-state index in [0.29, 0.717) is 0 Å². The molecule has 3 unspecified atom stereocenters. The van der Waals surface area contributed by atoms with Crippen molar-refractivity contribution in [3.63, 3.8) is 0 Å². The average Bonchev–Trinajstić information content (AvgIpc) is 2.28. The third kappa shape index (κ3) is 4.36. The van der Waals surface area contributed by atoms with Crippen molar-refractivity contribution in [1.82, 2.24) is 0 Å². The molecule has 0 rings (SSSR count). The largest absolute Gasteiger partial charge is 0.330 e. The quantitative estimate of drug-likeness (QED) is 0.555. The molecule has 3 nitrogen and oxygen atoms in total. The summed E-state index contributed by atoms with van der Waals surface area (Å²) in [6.45, 7) is 8.89. The second kappa shape index (κ2) is 8.24. The van der Waals surface area contributed by atoms with Crippen LogP contribution in [0.2, 0.25) is 6.55 Å². The van der Waals surface area contributed by atoms with E-state index in [0.717, 1.165) is 38.5 Å². The Morgan fingerprint density at radius 1 is 0.706 bits per heavy atom. The Morgan fingerprint density at radius 2 is 0.941 bits per heavy atom. The average molecular weight is 260 g/mol. The minimum Gasteiger partial charge on any atom is -0.330 e. The molecule has 17 heavy (non-hydrogen) atoms. The number of hydrogen-bond donors (Lipinski definition) is 3. The molecule has 0 fully saturated rings. The fourth-order valence-corrected chi connectivity index (χ4v) is 7.07. The molecular formula is C13H33N3Si. The molecule has 0 aromatic rings. The van der Waals surface area contributed by atoms with Crippen LogP contribution in [0.4, 0.5) is 0 Å². The van der Waals surface area contributed by atoms with Crippen LogP contribution in [0.25, 0.3) is 0 Å². The van der Waals surface area contributed by atoms with Gasteiger partial charge in [0.2, 0.25) is 0 Å². The zero-order valence-corrected chi connectivity index (χ0v) is 13.2. The minimum absolute atomic E-state index is 0.246. The van der Waals surface area contributed by atoms with E-state index in [2.05, 4.69) is 27.3 Å². The summed E-state index contributed by atoms with van der Waals surface area (Å²) in [6, 6.07) is 0. The van der Waals surface area contributed by atoms with Crippen molar-refractivity contribution < 1.29 is 0 Å². The van der Waals surface area contributed by atoms with E-state index in [1.54, 1.807) is 0 Å². The Hall–Kier alpha value is 0.0969. The maximum absolute atomic E-state index is 6.43. The van der Waals surface area contributed by atoms with Crippen LogP contribution < -0.4 is 17.2 Å². The summed E-state index contributed by atoms with van der Waals surface area (Å²) in [4.78, 5) is 0. The van der Waals surface area contributed by atoms with Gasteiger partial charge in [-0.05, 0) is 19.3 Å². The molecule has 0 aliphatic rings. The number of rotatable bonds is 9. The van der Waals surface area contributed by atoms with Crippen LogP contribution in [-0.2, 0) is 0 Å². The standard InChI is InChI=1S/C13H33N3Si/c1-5-8-11(14)17(4,12(15)9-6-2)13(16)10-7-3/h11-13H,5-10,14-16H2,1-4H3. The normalized spacial score (nSPS) is 20.6. The van der Waals surface area contributed by atoms with Crippen LogP contribution >= 0.6 is 0 Å². The molecule has 0 spiro atoms. The minimum atomic E-state index is -1.79. The van der Waals surface area contributed by atoms with Crippen molar-refractivity contribution in [3.05, 3.63) is 0 Å². The second-order valence-electron chi connectivity index (χ2n) is 5.55. The van der Waals surface area contributed by atoms with Gasteiger partial charge in [-0.3, -0.25) is 0 Å². The van der Waals surface area contributed by atoms with Crippen LogP contribution in [0.5, 0.6) is 0 Å². The smallest absolute Gasteiger partial charge is 0.105 e. The molecule has 0 saturated heterocycles. The summed E-state index contributed by atoms with van der Waals surface area (Å²) in [5.41, 5.74) is 20.0. The molecular weight excluding hydrogens is 226 g/mol. The molecule has 0 amide bonds. The first-order valence-corrected chi connectivity index (χ1v) is 9.94. The second-order valence-corrected chi connectivity index (χ2v) is 10.5. The van der Waals surface area contributed by atoms with Crippen LogP contribution in [0.15, 0.2) is 0 Å². The molecule has 6 N–H and O–H groups in total. The van der Waals surface area contributed by atoms with Gasteiger partial charge in [-0.2, -0.15) is 0 Å². The Labute approximate surface area is 109 Å². The van der Waals surface area contributed by atoms with E-state index in [1.165, 1.54) is 0 Å². The number of nitrogens with two attached hydrogens (primary N) is 3. The third-order valence-electron chi connectivity index (χ3n) is 4.20. The maximum atomic E-state index is 6.43. The Bertz CT molecular complexity index is 168. The van der Waals surface area contributed by atoms with Crippen LogP contribution in [-0.4, -0.2) is 25.1 Å². The van der Waals surface area contributed by atoms with Crippen LogP contribution in [0.1, 0.15) is 59.3 Å². The highest BCUT2D eigenvalue weighted by atomic mass is 28.3. The van der Waals surface area contributed by atoms with E-state index < -0.39 is 8.07 Å². The van der Waals surface area contributed by atoms with E-state index in [-0.39, 0.29) is 17.0 Å². The highest BCUT2D eigenvalue weighted by Gasteiger charge is 2.43. The molecule has 0 radical (unpaired) electrons. The molecule has 0 bridgehead atoms. The molecule has 0 saturated carbocycles. The van der Waals surface area contributed by atoms with Crippen molar-refractivity contribution in [3.8, 4) is 0 Å². The number of hydrogen-bond acceptors (Lipinski definition) is 3. The molecule has 0 aliphatic carbocycles. The first-order valence-electron chi connectivity index (χ1n) is 7.21. The zero-order chi connectivity index (χ0) is 13.5. The summed E-state index contributed by atoms with van der Waals surface area (Å²) in [6.07, 6.45) is 6.58. The first kappa shape index (κ1) is 17.1. The molecule has 3 atom stereocenters. The highest BCUT2D eigenvalue weighted by Crippen LogP contribution is 2.23. The third-order valence-corrected chi connectivity index (χ3v) is 9.86. The van der Waals surface area contributed by atoms with Gasteiger partial charge >= 0.3 is 0 Å². The molecule has 0 aromatic carbocycles. The summed E-state index contributed by atoms with van der Waals surface area (Å²) >= 11 is 0. The van der Waals surface area contributed by atoms with Crippen LogP contribution in [0, 0.1) is 0 Å². The lowest BCUT2D eigenvalue weighted by Gasteiger charge is -2.43. The van der Waals surface area contributed by atoms with Gasteiger partial charge in [0.1, 0.15) is 8.07 Å². The van der Waals surface area contributed by atoms with Gasteiger partial charge in [-0.1, -0.05) is 46.6 Å². The van der Waals surface area contributed by atoms with Crippen molar-refractivity contribution in [1.29, 1.82) is 0 Å². The summed E-state index contributed by atoms with van der Waals surface area (Å²) in [5, 5.41) is 0. The Kier molecular flexibility index (Phi) is 8.29. The predicted molar refractivity (Wildman–Crippen MR) is 80.3 cm³/mol. The molecule has 0 aromatic heterocycles. The molecule has 4 heteroatoms. The zero-order valence-electron chi connectivity index (χ0n) is 12.2. The molecule has 0 aliphatic heterocycles. The summed E-state index contributed by atoms with van der Waals surface area (Å²) in [7, 11) is -1.79. The van der Waals surface area contributed by atoms with E-state index in [9.17, 15) is 0 Å². The van der Waals surface area contributed by atoms with Crippen molar-refractivity contribution in [2.45, 2.75) is 82.8 Å². The SMILES string of the molecule is CCCC(N)[Si](C)(C(N)CCC)C(N)CCC. The highest BCUT2D eigenvalue weighted by molar-refractivity contribution is 6.83. The van der Waals surface area contributed by atoms with E-state index in [4.69, 9.17) is 17.2 Å². The van der Waals surface area contributed by atoms with Gasteiger partial charge < -0.3 is 17.2 Å². The van der Waals surface area contributed by atoms with Crippen molar-refractivity contribution >= 4 is 8.07 Å². The summed E-state index contributed by atoms with van der Waals surface area (Å²) in [5.74, 6) is 0. The monoisotopic (exact) mass is 259 g/mol. The van der Waals surface area contributed by atoms with Gasteiger partial charge in [0.15, 0.2) is 0 Å². The molecule has 104 valence electrons. The summed E-state index contributed by atoms with van der Waals surface area (Å²) < 4.78 is 0. The van der Waals surface area contributed by atoms with Crippen LogP contribution in [0.3, 0.4) is 0 Å². The maximum Gasteiger partial charge on any atom is 0.105 e. The van der Waals surface area contributed by atoms with Gasteiger partial charge in [-0.15, -0.1) is 0 Å². The lowest BCUT2D eigenvalue weighted by molar-refractivity contribution is 0.615. The predicted octanol–water partition coefficient (Wildman–Crippen LogP) is 2.06. The lowest BCUT2D eigenvalue weighted by atomic mass is 10.3. The fourth-order valence-electron chi connectivity index (χ4n) is 2.69. The topological polar surface area (TPSA) is 78.1 Å².